The molecule has 2 aromatic rings. The van der Waals surface area contributed by atoms with Gasteiger partial charge in [-0.2, -0.15) is 0 Å². The van der Waals surface area contributed by atoms with Gasteiger partial charge < -0.3 is 5.11 Å². The van der Waals surface area contributed by atoms with Crippen LogP contribution in [0.5, 0.6) is 5.75 Å². The summed E-state index contributed by atoms with van der Waals surface area (Å²) >= 11 is 0. The van der Waals surface area contributed by atoms with Crippen LogP contribution >= 0.6 is 0 Å². The Kier molecular flexibility index (Phi) is 6.69. The number of benzene rings is 1. The monoisotopic (exact) mass is 380 g/mol. The SMILES string of the molecule is CC(C)(C)O[n+]1ccccc1.O=[N+]([O-])c1cc([N+](=O)[O-])c([O-])c([N+](=O)[O-])c1. The highest BCUT2D eigenvalue weighted by Crippen LogP contribution is 2.36. The number of nitrogens with zero attached hydrogens (tertiary/aromatic N) is 4. The van der Waals surface area contributed by atoms with Gasteiger partial charge in [0.05, 0.1) is 32.7 Å². The second kappa shape index (κ2) is 8.51. The van der Waals surface area contributed by atoms with Crippen LogP contribution in [0.25, 0.3) is 0 Å². The Morgan fingerprint density at radius 1 is 0.852 bits per heavy atom. The first-order chi connectivity index (χ1) is 12.4. The third-order valence-corrected chi connectivity index (χ3v) is 2.71. The normalized spacial score (nSPS) is 10.3. The van der Waals surface area contributed by atoms with Crippen molar-refractivity contribution < 1.29 is 29.4 Å². The highest BCUT2D eigenvalue weighted by molar-refractivity contribution is 5.63. The van der Waals surface area contributed by atoms with Crippen molar-refractivity contribution in [3.63, 3.8) is 0 Å². The third-order valence-electron chi connectivity index (χ3n) is 2.71. The molecule has 1 aromatic heterocycles. The lowest BCUT2D eigenvalue weighted by Crippen LogP contribution is -2.50. The molecule has 0 amide bonds. The quantitative estimate of drug-likeness (QED) is 0.439. The van der Waals surface area contributed by atoms with E-state index >= 15 is 0 Å². The van der Waals surface area contributed by atoms with E-state index in [0.717, 1.165) is 0 Å². The van der Waals surface area contributed by atoms with Crippen LogP contribution in [0.15, 0.2) is 42.7 Å². The molecule has 2 rings (SSSR count). The molecule has 0 aliphatic rings. The Morgan fingerprint density at radius 3 is 1.63 bits per heavy atom. The van der Waals surface area contributed by atoms with E-state index in [1.165, 1.54) is 0 Å². The average molecular weight is 380 g/mol. The van der Waals surface area contributed by atoms with Crippen LogP contribution < -0.4 is 14.7 Å². The number of nitro groups is 3. The van der Waals surface area contributed by atoms with Crippen molar-refractivity contribution in [2.75, 3.05) is 0 Å². The van der Waals surface area contributed by atoms with Gasteiger partial charge in [-0.15, -0.1) is 0 Å². The summed E-state index contributed by atoms with van der Waals surface area (Å²) in [7, 11) is 0. The lowest BCUT2D eigenvalue weighted by Gasteiger charge is -2.12. The first kappa shape index (κ1) is 21.2. The number of rotatable bonds is 4. The minimum Gasteiger partial charge on any atom is -0.863 e. The van der Waals surface area contributed by atoms with Crippen molar-refractivity contribution in [1.29, 1.82) is 0 Å². The molecule has 0 spiro atoms. The summed E-state index contributed by atoms with van der Waals surface area (Å²) in [6.45, 7) is 6.06. The molecule has 0 saturated carbocycles. The molecule has 144 valence electrons. The van der Waals surface area contributed by atoms with E-state index in [1.54, 1.807) is 4.73 Å². The number of hydrogen-bond donors (Lipinski definition) is 0. The second-order valence-corrected chi connectivity index (χ2v) is 6.02. The molecule has 1 aromatic carbocycles. The molecule has 12 nitrogen and oxygen atoms in total. The first-order valence-corrected chi connectivity index (χ1v) is 7.36. The maximum Gasteiger partial charge on any atom is 0.283 e. The Labute approximate surface area is 152 Å². The third kappa shape index (κ3) is 6.53. The van der Waals surface area contributed by atoms with Crippen molar-refractivity contribution in [3.8, 4) is 5.75 Å². The van der Waals surface area contributed by atoms with Crippen LogP contribution in [0, 0.1) is 30.3 Å². The summed E-state index contributed by atoms with van der Waals surface area (Å²) in [5.41, 5.74) is -3.40. The molecule has 1 heterocycles. The van der Waals surface area contributed by atoms with Crippen LogP contribution in [0.4, 0.5) is 17.1 Å². The summed E-state index contributed by atoms with van der Waals surface area (Å²) in [6, 6.07) is 6.60. The van der Waals surface area contributed by atoms with E-state index in [2.05, 4.69) is 0 Å². The zero-order valence-corrected chi connectivity index (χ0v) is 14.6. The molecule has 0 bridgehead atoms. The van der Waals surface area contributed by atoms with Gasteiger partial charge in [0.25, 0.3) is 17.1 Å². The molecular formula is C15H16N4O8. The molecule has 0 atom stereocenters. The summed E-state index contributed by atoms with van der Waals surface area (Å²) in [5, 5.41) is 42.1. The van der Waals surface area contributed by atoms with Gasteiger partial charge in [0.2, 0.25) is 12.4 Å². The van der Waals surface area contributed by atoms with E-state index in [1.807, 2.05) is 51.4 Å². The number of pyridine rings is 1. The summed E-state index contributed by atoms with van der Waals surface area (Å²) < 4.78 is 1.71. The fourth-order valence-corrected chi connectivity index (χ4v) is 1.72. The lowest BCUT2D eigenvalue weighted by atomic mass is 10.2. The van der Waals surface area contributed by atoms with Crippen molar-refractivity contribution in [1.82, 2.24) is 0 Å². The minimum atomic E-state index is -1.46. The number of nitro benzene ring substituents is 3. The second-order valence-electron chi connectivity index (χ2n) is 6.02. The molecule has 0 N–H and O–H groups in total. The Bertz CT molecular complexity index is 814. The zero-order chi connectivity index (χ0) is 20.8. The van der Waals surface area contributed by atoms with E-state index < -0.39 is 37.6 Å². The molecule has 12 heteroatoms. The highest BCUT2D eigenvalue weighted by Gasteiger charge is 2.24. The van der Waals surface area contributed by atoms with E-state index in [0.29, 0.717) is 12.1 Å². The maximum atomic E-state index is 11.1. The van der Waals surface area contributed by atoms with Gasteiger partial charge in [-0.05, 0) is 20.8 Å². The van der Waals surface area contributed by atoms with Gasteiger partial charge in [0.15, 0.2) is 5.60 Å². The van der Waals surface area contributed by atoms with Crippen LogP contribution in [-0.4, -0.2) is 20.4 Å². The molecule has 0 aliphatic heterocycles. The van der Waals surface area contributed by atoms with Gasteiger partial charge in [-0.1, -0.05) is 6.07 Å². The van der Waals surface area contributed by atoms with Crippen LogP contribution in [0.2, 0.25) is 0 Å². The van der Waals surface area contributed by atoms with Crippen molar-refractivity contribution in [2.45, 2.75) is 26.4 Å². The molecule has 0 aliphatic carbocycles. The molecule has 0 fully saturated rings. The zero-order valence-electron chi connectivity index (χ0n) is 14.6. The molecule has 0 radical (unpaired) electrons. The average Bonchev–Trinajstić information content (AvgIpc) is 2.54. The molecule has 27 heavy (non-hydrogen) atoms. The topological polar surface area (TPSA) is 166 Å². The Hall–Kier alpha value is -3.83. The van der Waals surface area contributed by atoms with Gasteiger partial charge >= 0.3 is 0 Å². The van der Waals surface area contributed by atoms with Crippen molar-refractivity contribution in [2.24, 2.45) is 0 Å². The fourth-order valence-electron chi connectivity index (χ4n) is 1.72. The molecule has 0 unspecified atom stereocenters. The van der Waals surface area contributed by atoms with E-state index in [4.69, 9.17) is 4.84 Å². The van der Waals surface area contributed by atoms with Crippen molar-refractivity contribution in [3.05, 3.63) is 73.1 Å². The predicted octanol–water partition coefficient (Wildman–Crippen LogP) is 1.69. The smallest absolute Gasteiger partial charge is 0.283 e. The first-order valence-electron chi connectivity index (χ1n) is 7.36. The Morgan fingerprint density at radius 2 is 1.30 bits per heavy atom. The standard InChI is InChI=1S/C9H14NO.C6H3N3O7/c1-9(2,3)11-10-7-5-4-6-8-10;10-6-4(8(13)14)1-3(7(11)12)2-5(6)9(15)16/h4-8H,1-3H3;1-2,10H/q+1;/p-1. The van der Waals surface area contributed by atoms with E-state index in [9.17, 15) is 35.4 Å². The van der Waals surface area contributed by atoms with Gasteiger partial charge in [0, 0.05) is 16.9 Å². The number of hydrogen-bond acceptors (Lipinski definition) is 8. The number of aromatic nitrogens is 1. The van der Waals surface area contributed by atoms with Gasteiger partial charge in [0.1, 0.15) is 0 Å². The van der Waals surface area contributed by atoms with Crippen LogP contribution in [0.1, 0.15) is 20.8 Å². The minimum absolute atomic E-state index is 0.133. The van der Waals surface area contributed by atoms with Gasteiger partial charge in [-0.25, -0.2) is 0 Å². The largest absolute Gasteiger partial charge is 0.863 e. The summed E-state index contributed by atoms with van der Waals surface area (Å²) in [5.74, 6) is -1.46. The maximum absolute atomic E-state index is 11.1. The van der Waals surface area contributed by atoms with Crippen LogP contribution in [-0.2, 0) is 0 Å². The summed E-state index contributed by atoms with van der Waals surface area (Å²) in [6.07, 6.45) is 3.76. The number of non-ortho nitro benzene ring substituents is 1. The predicted molar refractivity (Wildman–Crippen MR) is 88.8 cm³/mol. The lowest BCUT2D eigenvalue weighted by molar-refractivity contribution is -0.905. The summed E-state index contributed by atoms with van der Waals surface area (Å²) in [4.78, 5) is 33.0. The molecular weight excluding hydrogens is 364 g/mol. The highest BCUT2D eigenvalue weighted by atomic mass is 16.7. The van der Waals surface area contributed by atoms with Crippen molar-refractivity contribution >= 4 is 17.1 Å². The molecule has 0 saturated heterocycles. The van der Waals surface area contributed by atoms with Gasteiger partial charge in [-0.3, -0.25) is 35.2 Å². The fraction of sp³-hybridized carbons (Fsp3) is 0.267. The van der Waals surface area contributed by atoms with Crippen LogP contribution in [0.3, 0.4) is 0 Å². The van der Waals surface area contributed by atoms with E-state index in [-0.39, 0.29) is 5.60 Å². The Balaban J connectivity index is 0.000000289.